The summed E-state index contributed by atoms with van der Waals surface area (Å²) in [6, 6.07) is 4.61. The molecule has 1 saturated heterocycles. The summed E-state index contributed by atoms with van der Waals surface area (Å²) in [5.41, 5.74) is 0. The Hall–Kier alpha value is -0.740. The van der Waals surface area contributed by atoms with Crippen LogP contribution in [0.5, 0.6) is 5.75 Å². The fraction of sp³-hybridized carbons (Fsp3) is 0.333. The summed E-state index contributed by atoms with van der Waals surface area (Å²) in [5.74, 6) is 0.171. The van der Waals surface area contributed by atoms with Crippen LogP contribution >= 0.6 is 12.6 Å². The zero-order valence-electron chi connectivity index (χ0n) is 6.87. The minimum absolute atomic E-state index is 0.0742. The van der Waals surface area contributed by atoms with Crippen LogP contribution in [0.2, 0.25) is 0 Å². The predicted molar refractivity (Wildman–Crippen MR) is 48.9 cm³/mol. The molecule has 70 valence electrons. The topological polar surface area (TPSA) is 18.5 Å². The number of rotatable bonds is 2. The van der Waals surface area contributed by atoms with E-state index in [0.29, 0.717) is 23.9 Å². The Bertz CT molecular complexity index is 312. The Morgan fingerprint density at radius 3 is 2.77 bits per heavy atom. The van der Waals surface area contributed by atoms with Crippen molar-refractivity contribution in [3.63, 3.8) is 0 Å². The second-order valence-electron chi connectivity index (χ2n) is 2.89. The maximum atomic E-state index is 13.0. The molecule has 1 fully saturated rings. The van der Waals surface area contributed by atoms with Crippen LogP contribution in [0.15, 0.2) is 23.1 Å². The number of benzene rings is 1. The minimum atomic E-state index is -0.360. The molecule has 1 aliphatic heterocycles. The molecule has 0 aliphatic carbocycles. The molecular weight excluding hydrogens is 191 g/mol. The van der Waals surface area contributed by atoms with Crippen molar-refractivity contribution in [2.45, 2.75) is 11.0 Å². The van der Waals surface area contributed by atoms with Crippen molar-refractivity contribution in [3.05, 3.63) is 24.0 Å². The molecule has 2 nitrogen and oxygen atoms in total. The second kappa shape index (κ2) is 3.55. The molecule has 0 unspecified atom stereocenters. The highest BCUT2D eigenvalue weighted by atomic mass is 32.1. The van der Waals surface area contributed by atoms with Crippen LogP contribution < -0.4 is 4.74 Å². The summed E-state index contributed by atoms with van der Waals surface area (Å²) in [6.45, 7) is 1.18. The van der Waals surface area contributed by atoms with E-state index < -0.39 is 0 Å². The summed E-state index contributed by atoms with van der Waals surface area (Å²) in [6.07, 6.45) is 0.0742. The molecule has 1 aromatic carbocycles. The number of hydrogen-bond acceptors (Lipinski definition) is 3. The molecule has 0 N–H and O–H groups in total. The quantitative estimate of drug-likeness (QED) is 0.735. The number of halogens is 1. The first-order chi connectivity index (χ1) is 6.25. The average molecular weight is 200 g/mol. The molecule has 0 bridgehead atoms. The van der Waals surface area contributed by atoms with E-state index in [2.05, 4.69) is 12.6 Å². The van der Waals surface area contributed by atoms with Crippen LogP contribution in [0.4, 0.5) is 4.39 Å². The van der Waals surface area contributed by atoms with Gasteiger partial charge in [0.1, 0.15) is 17.7 Å². The lowest BCUT2D eigenvalue weighted by atomic mass is 10.3. The monoisotopic (exact) mass is 200 g/mol. The normalized spacial score (nSPS) is 16.8. The summed E-state index contributed by atoms with van der Waals surface area (Å²) in [4.78, 5) is 0.331. The fourth-order valence-electron chi connectivity index (χ4n) is 1.04. The summed E-state index contributed by atoms with van der Waals surface area (Å²) in [7, 11) is 0. The van der Waals surface area contributed by atoms with Gasteiger partial charge in [0.25, 0.3) is 0 Å². The van der Waals surface area contributed by atoms with Crippen LogP contribution in [-0.4, -0.2) is 19.3 Å². The Labute approximate surface area is 81.1 Å². The van der Waals surface area contributed by atoms with Gasteiger partial charge in [-0.15, -0.1) is 12.6 Å². The fourth-order valence-corrected chi connectivity index (χ4v) is 1.17. The zero-order chi connectivity index (χ0) is 9.26. The molecule has 0 atom stereocenters. The third-order valence-electron chi connectivity index (χ3n) is 1.83. The highest BCUT2D eigenvalue weighted by Crippen LogP contribution is 2.21. The van der Waals surface area contributed by atoms with Gasteiger partial charge in [-0.1, -0.05) is 0 Å². The van der Waals surface area contributed by atoms with Gasteiger partial charge >= 0.3 is 0 Å². The van der Waals surface area contributed by atoms with Crippen molar-refractivity contribution in [1.29, 1.82) is 0 Å². The molecule has 0 amide bonds. The van der Waals surface area contributed by atoms with Gasteiger partial charge in [-0.25, -0.2) is 4.39 Å². The van der Waals surface area contributed by atoms with Crippen LogP contribution in [0, 0.1) is 5.82 Å². The number of ether oxygens (including phenoxy) is 2. The highest BCUT2D eigenvalue weighted by molar-refractivity contribution is 7.80. The first-order valence-corrected chi connectivity index (χ1v) is 4.43. The van der Waals surface area contributed by atoms with Gasteiger partial charge in [0, 0.05) is 11.0 Å². The maximum absolute atomic E-state index is 13.0. The Morgan fingerprint density at radius 2 is 2.23 bits per heavy atom. The Kier molecular flexibility index (Phi) is 2.42. The van der Waals surface area contributed by atoms with Gasteiger partial charge in [-0.2, -0.15) is 0 Å². The summed E-state index contributed by atoms with van der Waals surface area (Å²) < 4.78 is 23.3. The van der Waals surface area contributed by atoms with Crippen LogP contribution in [-0.2, 0) is 4.74 Å². The summed E-state index contributed by atoms with van der Waals surface area (Å²) >= 11 is 3.92. The largest absolute Gasteiger partial charge is 0.485 e. The zero-order valence-corrected chi connectivity index (χ0v) is 7.76. The van der Waals surface area contributed by atoms with Crippen LogP contribution in [0.25, 0.3) is 0 Å². The molecule has 13 heavy (non-hydrogen) atoms. The number of hydrogen-bond donors (Lipinski definition) is 1. The van der Waals surface area contributed by atoms with E-state index in [4.69, 9.17) is 9.47 Å². The second-order valence-corrected chi connectivity index (χ2v) is 3.37. The molecule has 0 radical (unpaired) electrons. The first kappa shape index (κ1) is 8.84. The van der Waals surface area contributed by atoms with E-state index in [-0.39, 0.29) is 11.9 Å². The van der Waals surface area contributed by atoms with E-state index in [1.54, 1.807) is 12.1 Å². The first-order valence-electron chi connectivity index (χ1n) is 3.98. The molecular formula is C9H9FO2S. The standard InChI is InChI=1S/C9H9FO2S/c10-8-3-6(1-2-9(8)13)12-7-4-11-5-7/h1-3,7,13H,4-5H2. The van der Waals surface area contributed by atoms with Crippen molar-refractivity contribution in [1.82, 2.24) is 0 Å². The Balaban J connectivity index is 2.07. The lowest BCUT2D eigenvalue weighted by molar-refractivity contribution is -0.0797. The van der Waals surface area contributed by atoms with Crippen molar-refractivity contribution in [2.75, 3.05) is 13.2 Å². The average Bonchev–Trinajstić information content (AvgIpc) is 2.04. The summed E-state index contributed by atoms with van der Waals surface area (Å²) in [5, 5.41) is 0. The smallest absolute Gasteiger partial charge is 0.145 e. The minimum Gasteiger partial charge on any atom is -0.485 e. The van der Waals surface area contributed by atoms with Gasteiger partial charge in [-0.05, 0) is 12.1 Å². The van der Waals surface area contributed by atoms with E-state index >= 15 is 0 Å². The van der Waals surface area contributed by atoms with E-state index in [1.165, 1.54) is 6.07 Å². The molecule has 1 heterocycles. The highest BCUT2D eigenvalue weighted by Gasteiger charge is 2.20. The molecule has 0 spiro atoms. The Morgan fingerprint density at radius 1 is 1.46 bits per heavy atom. The number of thiol groups is 1. The molecule has 4 heteroatoms. The molecule has 0 saturated carbocycles. The van der Waals surface area contributed by atoms with E-state index in [1.807, 2.05) is 0 Å². The predicted octanol–water partition coefficient (Wildman–Crippen LogP) is 1.89. The molecule has 1 aromatic rings. The van der Waals surface area contributed by atoms with Crippen LogP contribution in [0.1, 0.15) is 0 Å². The molecule has 2 rings (SSSR count). The van der Waals surface area contributed by atoms with Crippen LogP contribution in [0.3, 0.4) is 0 Å². The van der Waals surface area contributed by atoms with Crippen molar-refractivity contribution < 1.29 is 13.9 Å². The van der Waals surface area contributed by atoms with Gasteiger partial charge in [0.05, 0.1) is 13.2 Å². The van der Waals surface area contributed by atoms with Gasteiger partial charge in [0.2, 0.25) is 0 Å². The van der Waals surface area contributed by atoms with Crippen molar-refractivity contribution in [2.24, 2.45) is 0 Å². The van der Waals surface area contributed by atoms with Crippen molar-refractivity contribution >= 4 is 12.6 Å². The van der Waals surface area contributed by atoms with E-state index in [9.17, 15) is 4.39 Å². The van der Waals surface area contributed by atoms with Crippen molar-refractivity contribution in [3.8, 4) is 5.75 Å². The third-order valence-corrected chi connectivity index (χ3v) is 2.19. The lowest BCUT2D eigenvalue weighted by Gasteiger charge is -2.26. The van der Waals surface area contributed by atoms with Gasteiger partial charge < -0.3 is 9.47 Å². The maximum Gasteiger partial charge on any atom is 0.145 e. The van der Waals surface area contributed by atoms with Gasteiger partial charge in [0.15, 0.2) is 0 Å². The lowest BCUT2D eigenvalue weighted by Crippen LogP contribution is -2.38. The molecule has 0 aromatic heterocycles. The SMILES string of the molecule is Fc1cc(OC2COC2)ccc1S. The third kappa shape index (κ3) is 1.95. The van der Waals surface area contributed by atoms with E-state index in [0.717, 1.165) is 0 Å². The molecule has 1 aliphatic rings. The van der Waals surface area contributed by atoms with Gasteiger partial charge in [-0.3, -0.25) is 0 Å².